The van der Waals surface area contributed by atoms with Crippen molar-refractivity contribution in [1.29, 1.82) is 0 Å². The summed E-state index contributed by atoms with van der Waals surface area (Å²) in [6.07, 6.45) is 4.84. The summed E-state index contributed by atoms with van der Waals surface area (Å²) in [5.41, 5.74) is 0.316. The van der Waals surface area contributed by atoms with Crippen molar-refractivity contribution in [3.8, 4) is 17.4 Å². The van der Waals surface area contributed by atoms with E-state index in [0.717, 1.165) is 18.0 Å². The number of carbonyl (C=O) groups excluding carboxylic acids is 1. The molecule has 0 aliphatic rings. The molecule has 0 spiro atoms. The maximum absolute atomic E-state index is 13.6. The highest BCUT2D eigenvalue weighted by Gasteiger charge is 2.09. The summed E-state index contributed by atoms with van der Waals surface area (Å²) in [5, 5.41) is 4.87. The Labute approximate surface area is 175 Å². The molecule has 2 aromatic carbocycles. The van der Waals surface area contributed by atoms with Crippen LogP contribution >= 0.6 is 0 Å². The van der Waals surface area contributed by atoms with Crippen LogP contribution in [0.5, 0.6) is 11.6 Å². The Hall–Kier alpha value is -4.34. The average Bonchev–Trinajstić information content (AvgIpc) is 3.18. The number of aryl methyl sites for hydroxylation is 1. The minimum Gasteiger partial charge on any atom is -0.439 e. The Morgan fingerprint density at radius 1 is 1.00 bits per heavy atom. The zero-order valence-electron chi connectivity index (χ0n) is 16.2. The van der Waals surface area contributed by atoms with Crippen LogP contribution in [0.3, 0.4) is 0 Å². The molecule has 4 rings (SSSR count). The lowest BCUT2D eigenvalue weighted by Gasteiger charge is -2.10. The molecule has 2 aromatic heterocycles. The van der Waals surface area contributed by atoms with Crippen molar-refractivity contribution < 1.29 is 18.3 Å². The standard InChI is InChI=1S/C21H16F2N6O2/c1-13-24-8-9-29(13)19-11-20(26-12-25-19)31-16-5-3-15(4-6-16)27-21(30)28-18-7-2-14(22)10-17(18)23/h2-12H,1H3,(H2,27,28,30). The molecule has 8 nitrogen and oxygen atoms in total. The van der Waals surface area contributed by atoms with Gasteiger partial charge in [-0.05, 0) is 43.3 Å². The number of nitrogens with one attached hydrogen (secondary N) is 2. The smallest absolute Gasteiger partial charge is 0.323 e. The number of ether oxygens (including phenoxy) is 1. The van der Waals surface area contributed by atoms with E-state index in [9.17, 15) is 13.6 Å². The fraction of sp³-hybridized carbons (Fsp3) is 0.0476. The molecule has 2 amide bonds. The van der Waals surface area contributed by atoms with Crippen molar-refractivity contribution in [3.63, 3.8) is 0 Å². The van der Waals surface area contributed by atoms with Gasteiger partial charge in [-0.3, -0.25) is 4.57 Å². The van der Waals surface area contributed by atoms with Crippen molar-refractivity contribution in [2.75, 3.05) is 10.6 Å². The molecule has 0 fully saturated rings. The molecule has 0 unspecified atom stereocenters. The molecule has 0 aliphatic heterocycles. The molecule has 4 aromatic rings. The van der Waals surface area contributed by atoms with Crippen LogP contribution in [0, 0.1) is 18.6 Å². The number of urea groups is 1. The van der Waals surface area contributed by atoms with E-state index in [1.807, 2.05) is 6.92 Å². The fourth-order valence-corrected chi connectivity index (χ4v) is 2.74. The van der Waals surface area contributed by atoms with Crippen LogP contribution < -0.4 is 15.4 Å². The molecular weight excluding hydrogens is 406 g/mol. The van der Waals surface area contributed by atoms with Crippen LogP contribution in [0.25, 0.3) is 5.82 Å². The molecule has 0 bridgehead atoms. The van der Waals surface area contributed by atoms with Gasteiger partial charge in [0.25, 0.3) is 0 Å². The van der Waals surface area contributed by atoms with E-state index in [1.165, 1.54) is 6.33 Å². The monoisotopic (exact) mass is 422 g/mol. The molecule has 31 heavy (non-hydrogen) atoms. The van der Waals surface area contributed by atoms with E-state index in [2.05, 4.69) is 25.6 Å². The van der Waals surface area contributed by atoms with Gasteiger partial charge >= 0.3 is 6.03 Å². The summed E-state index contributed by atoms with van der Waals surface area (Å²) in [4.78, 5) is 24.5. The molecule has 0 saturated carbocycles. The van der Waals surface area contributed by atoms with E-state index >= 15 is 0 Å². The zero-order chi connectivity index (χ0) is 21.8. The van der Waals surface area contributed by atoms with Crippen LogP contribution in [-0.2, 0) is 0 Å². The van der Waals surface area contributed by atoms with Gasteiger partial charge in [0.15, 0.2) is 0 Å². The molecule has 10 heteroatoms. The number of halogens is 2. The summed E-state index contributed by atoms with van der Waals surface area (Å²) in [7, 11) is 0. The lowest BCUT2D eigenvalue weighted by Crippen LogP contribution is -2.20. The number of aromatic nitrogens is 4. The number of hydrogen-bond donors (Lipinski definition) is 2. The van der Waals surface area contributed by atoms with Gasteiger partial charge in [0, 0.05) is 30.2 Å². The Balaban J connectivity index is 1.39. The van der Waals surface area contributed by atoms with E-state index in [-0.39, 0.29) is 5.69 Å². The molecule has 0 saturated heterocycles. The molecule has 0 radical (unpaired) electrons. The second kappa shape index (κ2) is 8.57. The second-order valence-corrected chi connectivity index (χ2v) is 6.39. The quantitative estimate of drug-likeness (QED) is 0.487. The predicted octanol–water partition coefficient (Wildman–Crippen LogP) is 4.69. The molecular formula is C21H16F2N6O2. The number of hydrogen-bond acceptors (Lipinski definition) is 5. The first-order chi connectivity index (χ1) is 15.0. The van der Waals surface area contributed by atoms with Crippen LogP contribution in [0.4, 0.5) is 25.0 Å². The van der Waals surface area contributed by atoms with Crippen molar-refractivity contribution in [3.05, 3.63) is 84.7 Å². The number of imidazole rings is 1. The van der Waals surface area contributed by atoms with Gasteiger partial charge in [0.1, 0.15) is 35.4 Å². The number of rotatable bonds is 5. The van der Waals surface area contributed by atoms with Crippen LogP contribution in [0.2, 0.25) is 0 Å². The molecule has 156 valence electrons. The maximum atomic E-state index is 13.6. The van der Waals surface area contributed by atoms with Crippen LogP contribution in [0.1, 0.15) is 5.82 Å². The summed E-state index contributed by atoms with van der Waals surface area (Å²) in [5.74, 6) is 0.622. The first kappa shape index (κ1) is 20.0. The fourth-order valence-electron chi connectivity index (χ4n) is 2.74. The highest BCUT2D eigenvalue weighted by atomic mass is 19.1. The van der Waals surface area contributed by atoms with Crippen molar-refractivity contribution in [2.24, 2.45) is 0 Å². The Bertz CT molecular complexity index is 1230. The second-order valence-electron chi connectivity index (χ2n) is 6.39. The van der Waals surface area contributed by atoms with Gasteiger partial charge in [-0.15, -0.1) is 0 Å². The SMILES string of the molecule is Cc1nccn1-c1cc(Oc2ccc(NC(=O)Nc3ccc(F)cc3F)cc2)ncn1. The molecule has 2 heterocycles. The first-order valence-corrected chi connectivity index (χ1v) is 9.11. The third-order valence-electron chi connectivity index (χ3n) is 4.21. The Morgan fingerprint density at radius 2 is 1.81 bits per heavy atom. The lowest BCUT2D eigenvalue weighted by atomic mass is 10.3. The summed E-state index contributed by atoms with van der Waals surface area (Å²) in [6, 6.07) is 10.4. The number of benzene rings is 2. The minimum atomic E-state index is -0.867. The van der Waals surface area contributed by atoms with Gasteiger partial charge in [-0.2, -0.15) is 0 Å². The van der Waals surface area contributed by atoms with Crippen molar-refractivity contribution in [1.82, 2.24) is 19.5 Å². The van der Waals surface area contributed by atoms with E-state index in [4.69, 9.17) is 4.74 Å². The van der Waals surface area contributed by atoms with Gasteiger partial charge in [0.05, 0.1) is 5.69 Å². The molecule has 2 N–H and O–H groups in total. The van der Waals surface area contributed by atoms with E-state index < -0.39 is 17.7 Å². The summed E-state index contributed by atoms with van der Waals surface area (Å²) >= 11 is 0. The summed E-state index contributed by atoms with van der Waals surface area (Å²) in [6.45, 7) is 1.86. The molecule has 0 aliphatic carbocycles. The lowest BCUT2D eigenvalue weighted by molar-refractivity contribution is 0.262. The third kappa shape index (κ3) is 4.81. The largest absolute Gasteiger partial charge is 0.439 e. The zero-order valence-corrected chi connectivity index (χ0v) is 16.2. The van der Waals surface area contributed by atoms with Crippen molar-refractivity contribution >= 4 is 17.4 Å². The number of amides is 2. The van der Waals surface area contributed by atoms with E-state index in [0.29, 0.717) is 29.2 Å². The Kier molecular flexibility index (Phi) is 5.52. The average molecular weight is 422 g/mol. The Morgan fingerprint density at radius 3 is 2.52 bits per heavy atom. The topological polar surface area (TPSA) is 94.0 Å². The number of nitrogens with zero attached hydrogens (tertiary/aromatic N) is 4. The van der Waals surface area contributed by atoms with Crippen molar-refractivity contribution in [2.45, 2.75) is 6.92 Å². The maximum Gasteiger partial charge on any atom is 0.323 e. The van der Waals surface area contributed by atoms with Gasteiger partial charge < -0.3 is 15.4 Å². The minimum absolute atomic E-state index is 0.133. The number of carbonyl (C=O) groups is 1. The van der Waals surface area contributed by atoms with E-state index in [1.54, 1.807) is 47.3 Å². The van der Waals surface area contributed by atoms with Gasteiger partial charge in [-0.25, -0.2) is 28.5 Å². The normalized spacial score (nSPS) is 10.5. The van der Waals surface area contributed by atoms with Gasteiger partial charge in [0.2, 0.25) is 5.88 Å². The highest BCUT2D eigenvalue weighted by Crippen LogP contribution is 2.23. The summed E-state index contributed by atoms with van der Waals surface area (Å²) < 4.78 is 34.1. The van der Waals surface area contributed by atoms with Gasteiger partial charge in [-0.1, -0.05) is 0 Å². The predicted molar refractivity (Wildman–Crippen MR) is 109 cm³/mol. The highest BCUT2D eigenvalue weighted by molar-refractivity contribution is 5.99. The number of anilines is 2. The van der Waals surface area contributed by atoms with Crippen LogP contribution in [-0.4, -0.2) is 25.6 Å². The van der Waals surface area contributed by atoms with Crippen LogP contribution in [0.15, 0.2) is 67.3 Å². The molecule has 0 atom stereocenters. The first-order valence-electron chi connectivity index (χ1n) is 9.11. The third-order valence-corrected chi connectivity index (χ3v) is 4.21.